The Morgan fingerprint density at radius 1 is 0.935 bits per heavy atom. The van der Waals surface area contributed by atoms with E-state index in [0.717, 1.165) is 12.1 Å². The van der Waals surface area contributed by atoms with Crippen LogP contribution in [-0.2, 0) is 6.54 Å². The monoisotopic (exact) mass is 437 g/mol. The number of carboxylic acids is 1. The lowest BCUT2D eigenvalue weighted by molar-refractivity contribution is -0.0692. The zero-order valence-electron chi connectivity index (χ0n) is 15.7. The number of halogens is 4. The number of hydrogen-bond acceptors (Lipinski definition) is 6. The van der Waals surface area contributed by atoms with Crippen LogP contribution in [-0.4, -0.2) is 34.5 Å². The van der Waals surface area contributed by atoms with Gasteiger partial charge < -0.3 is 19.5 Å². The lowest BCUT2D eigenvalue weighted by Gasteiger charge is -2.26. The molecule has 1 heterocycles. The maximum absolute atomic E-state index is 12.8. The fraction of sp³-hybridized carbons (Fsp3) is 0.150. The van der Waals surface area contributed by atoms with Crippen LogP contribution in [0, 0.1) is 0 Å². The Morgan fingerprint density at radius 2 is 1.65 bits per heavy atom. The molecule has 162 valence electrons. The van der Waals surface area contributed by atoms with E-state index in [1.54, 1.807) is 23.1 Å². The second kappa shape index (κ2) is 9.74. The Bertz CT molecular complexity index is 1040. The van der Waals surface area contributed by atoms with E-state index in [4.69, 9.17) is 0 Å². The van der Waals surface area contributed by atoms with E-state index in [1.165, 1.54) is 30.5 Å². The van der Waals surface area contributed by atoms with Crippen molar-refractivity contribution in [1.82, 2.24) is 10.2 Å². The van der Waals surface area contributed by atoms with Crippen molar-refractivity contribution in [2.75, 3.05) is 4.90 Å². The SMILES string of the molecule is O=C(O)c1cccc(N(Cc2cccnn2)c2ccc(OC(F)F)c(OC(F)F)c2)c1. The third-order valence-electron chi connectivity index (χ3n) is 4.02. The van der Waals surface area contributed by atoms with Gasteiger partial charge in [-0.15, -0.1) is 0 Å². The lowest BCUT2D eigenvalue weighted by atomic mass is 10.1. The van der Waals surface area contributed by atoms with Crippen LogP contribution in [0.15, 0.2) is 60.8 Å². The maximum atomic E-state index is 12.8. The van der Waals surface area contributed by atoms with Gasteiger partial charge in [0.05, 0.1) is 17.8 Å². The number of nitrogens with zero attached hydrogens (tertiary/aromatic N) is 3. The van der Waals surface area contributed by atoms with Crippen molar-refractivity contribution in [2.45, 2.75) is 19.8 Å². The molecule has 0 amide bonds. The van der Waals surface area contributed by atoms with Crippen molar-refractivity contribution in [3.05, 3.63) is 72.1 Å². The fourth-order valence-corrected chi connectivity index (χ4v) is 2.76. The van der Waals surface area contributed by atoms with Crippen molar-refractivity contribution in [1.29, 1.82) is 0 Å². The standard InChI is InChI=1S/C20H15F4N3O4/c21-19(22)30-16-7-6-15(10-17(16)31-20(23)24)27(11-13-4-2-8-25-26-13)14-5-1-3-12(9-14)18(28)29/h1-10,19-20H,11H2,(H,28,29). The molecule has 0 fully saturated rings. The van der Waals surface area contributed by atoms with Crippen LogP contribution >= 0.6 is 0 Å². The second-order valence-corrected chi connectivity index (χ2v) is 6.04. The number of anilines is 2. The molecule has 0 unspecified atom stereocenters. The largest absolute Gasteiger partial charge is 0.478 e. The first-order valence-electron chi connectivity index (χ1n) is 8.74. The summed E-state index contributed by atoms with van der Waals surface area (Å²) < 4.78 is 59.5. The van der Waals surface area contributed by atoms with E-state index in [9.17, 15) is 27.5 Å². The molecule has 2 aromatic carbocycles. The predicted molar refractivity (Wildman–Crippen MR) is 101 cm³/mol. The van der Waals surface area contributed by atoms with E-state index in [1.807, 2.05) is 0 Å². The van der Waals surface area contributed by atoms with Gasteiger partial charge in [0.2, 0.25) is 0 Å². The highest BCUT2D eigenvalue weighted by Crippen LogP contribution is 2.37. The Balaban J connectivity index is 2.08. The van der Waals surface area contributed by atoms with Crippen molar-refractivity contribution < 1.29 is 36.9 Å². The fourth-order valence-electron chi connectivity index (χ4n) is 2.76. The molecule has 0 saturated carbocycles. The summed E-state index contributed by atoms with van der Waals surface area (Å²) in [5.74, 6) is -2.34. The van der Waals surface area contributed by atoms with Crippen molar-refractivity contribution in [3.63, 3.8) is 0 Å². The van der Waals surface area contributed by atoms with Crippen LogP contribution in [0.25, 0.3) is 0 Å². The normalized spacial score (nSPS) is 10.9. The highest BCUT2D eigenvalue weighted by molar-refractivity contribution is 5.89. The van der Waals surface area contributed by atoms with E-state index < -0.39 is 30.7 Å². The van der Waals surface area contributed by atoms with Gasteiger partial charge in [-0.05, 0) is 42.5 Å². The molecule has 0 radical (unpaired) electrons. The molecular weight excluding hydrogens is 422 g/mol. The maximum Gasteiger partial charge on any atom is 0.387 e. The zero-order valence-corrected chi connectivity index (χ0v) is 15.7. The molecule has 3 rings (SSSR count). The van der Waals surface area contributed by atoms with E-state index in [-0.39, 0.29) is 17.8 Å². The molecule has 0 atom stereocenters. The van der Waals surface area contributed by atoms with Gasteiger partial charge in [0.15, 0.2) is 11.5 Å². The quantitative estimate of drug-likeness (QED) is 0.485. The minimum atomic E-state index is -3.28. The summed E-state index contributed by atoms with van der Waals surface area (Å²) in [4.78, 5) is 12.9. The Morgan fingerprint density at radius 3 is 2.29 bits per heavy atom. The van der Waals surface area contributed by atoms with Gasteiger partial charge in [0.1, 0.15) is 0 Å². The van der Waals surface area contributed by atoms with Crippen molar-refractivity contribution >= 4 is 17.3 Å². The average molecular weight is 437 g/mol. The summed E-state index contributed by atoms with van der Waals surface area (Å²) in [5.41, 5.74) is 1.09. The van der Waals surface area contributed by atoms with Crippen LogP contribution in [0.5, 0.6) is 11.5 Å². The number of carboxylic acid groups (broad SMARTS) is 1. The number of aromatic nitrogens is 2. The third-order valence-corrected chi connectivity index (χ3v) is 4.02. The third kappa shape index (κ3) is 5.81. The summed E-state index contributed by atoms with van der Waals surface area (Å²) in [6.45, 7) is -6.45. The lowest BCUT2D eigenvalue weighted by Crippen LogP contribution is -2.18. The molecule has 0 aliphatic carbocycles. The van der Waals surface area contributed by atoms with E-state index >= 15 is 0 Å². The van der Waals surface area contributed by atoms with Crippen LogP contribution in [0.2, 0.25) is 0 Å². The Labute approximate surface area is 173 Å². The molecule has 3 aromatic rings. The second-order valence-electron chi connectivity index (χ2n) is 6.04. The smallest absolute Gasteiger partial charge is 0.387 e. The van der Waals surface area contributed by atoms with Gasteiger partial charge in [-0.2, -0.15) is 27.8 Å². The first kappa shape index (κ1) is 21.8. The minimum Gasteiger partial charge on any atom is -0.478 e. The molecule has 0 aliphatic rings. The molecule has 1 aromatic heterocycles. The summed E-state index contributed by atoms with van der Waals surface area (Å²) >= 11 is 0. The molecule has 7 nitrogen and oxygen atoms in total. The molecule has 0 spiro atoms. The zero-order chi connectivity index (χ0) is 22.4. The number of rotatable bonds is 9. The highest BCUT2D eigenvalue weighted by atomic mass is 19.3. The van der Waals surface area contributed by atoms with Crippen molar-refractivity contribution in [3.8, 4) is 11.5 Å². The minimum absolute atomic E-state index is 0.0108. The Kier molecular flexibility index (Phi) is 6.85. The molecule has 0 saturated heterocycles. The first-order chi connectivity index (χ1) is 14.8. The molecule has 0 bridgehead atoms. The van der Waals surface area contributed by atoms with Crippen LogP contribution in [0.1, 0.15) is 16.1 Å². The van der Waals surface area contributed by atoms with Gasteiger partial charge in [0.25, 0.3) is 0 Å². The van der Waals surface area contributed by atoms with Gasteiger partial charge in [0, 0.05) is 23.6 Å². The molecule has 11 heteroatoms. The first-order valence-corrected chi connectivity index (χ1v) is 8.74. The average Bonchev–Trinajstić information content (AvgIpc) is 2.73. The molecule has 1 N–H and O–H groups in total. The topological polar surface area (TPSA) is 84.8 Å². The van der Waals surface area contributed by atoms with Gasteiger partial charge in [-0.1, -0.05) is 6.07 Å². The number of hydrogen-bond donors (Lipinski definition) is 1. The van der Waals surface area contributed by atoms with Gasteiger partial charge >= 0.3 is 19.2 Å². The molecule has 31 heavy (non-hydrogen) atoms. The van der Waals surface area contributed by atoms with Gasteiger partial charge in [-0.25, -0.2) is 4.79 Å². The van der Waals surface area contributed by atoms with Crippen LogP contribution in [0.4, 0.5) is 28.9 Å². The summed E-state index contributed by atoms with van der Waals surface area (Å²) in [6, 6.07) is 12.7. The summed E-state index contributed by atoms with van der Waals surface area (Å²) in [5, 5.41) is 17.0. The number of carbonyl (C=O) groups is 1. The Hall–Kier alpha value is -3.89. The number of benzene rings is 2. The highest BCUT2D eigenvalue weighted by Gasteiger charge is 2.19. The van der Waals surface area contributed by atoms with Gasteiger partial charge in [-0.3, -0.25) is 0 Å². The number of ether oxygens (including phenoxy) is 2. The number of aromatic carboxylic acids is 1. The molecule has 0 aliphatic heterocycles. The molecular formula is C20H15F4N3O4. The van der Waals surface area contributed by atoms with E-state index in [0.29, 0.717) is 11.4 Å². The van der Waals surface area contributed by atoms with Crippen molar-refractivity contribution in [2.24, 2.45) is 0 Å². The van der Waals surface area contributed by atoms with E-state index in [2.05, 4.69) is 19.7 Å². The summed E-state index contributed by atoms with van der Waals surface area (Å²) in [7, 11) is 0. The number of alkyl halides is 4. The predicted octanol–water partition coefficient (Wildman–Crippen LogP) is 4.72. The summed E-state index contributed by atoms with van der Waals surface area (Å²) in [6.07, 6.45) is 1.46. The van der Waals surface area contributed by atoms with Crippen LogP contribution in [0.3, 0.4) is 0 Å². The van der Waals surface area contributed by atoms with Crippen LogP contribution < -0.4 is 14.4 Å².